The molecule has 188 valence electrons. The maximum atomic E-state index is 14.1. The van der Waals surface area contributed by atoms with Gasteiger partial charge in [-0.15, -0.1) is 0 Å². The van der Waals surface area contributed by atoms with Gasteiger partial charge in [0.15, 0.2) is 11.5 Å². The molecule has 1 heterocycles. The molecular formula is C27H28FN3O5. The van der Waals surface area contributed by atoms with Gasteiger partial charge in [0.25, 0.3) is 5.91 Å². The number of hydrogen-bond acceptors (Lipinski definition) is 6. The van der Waals surface area contributed by atoms with E-state index in [-0.39, 0.29) is 5.91 Å². The van der Waals surface area contributed by atoms with Crippen molar-refractivity contribution >= 4 is 28.2 Å². The molecule has 3 aromatic carbocycles. The zero-order chi connectivity index (χ0) is 25.7. The van der Waals surface area contributed by atoms with E-state index >= 15 is 0 Å². The molecule has 1 amide bonds. The van der Waals surface area contributed by atoms with Crippen molar-refractivity contribution in [2.24, 2.45) is 0 Å². The van der Waals surface area contributed by atoms with E-state index in [2.05, 4.69) is 15.6 Å². The molecule has 0 unspecified atom stereocenters. The lowest BCUT2D eigenvalue weighted by molar-refractivity contribution is 0.0955. The molecule has 36 heavy (non-hydrogen) atoms. The predicted molar refractivity (Wildman–Crippen MR) is 137 cm³/mol. The fourth-order valence-corrected chi connectivity index (χ4v) is 4.03. The zero-order valence-corrected chi connectivity index (χ0v) is 20.5. The lowest BCUT2D eigenvalue weighted by atomic mass is 10.1. The van der Waals surface area contributed by atoms with Crippen molar-refractivity contribution in [3.05, 3.63) is 71.7 Å². The standard InChI is InChI=1S/C27H28FN3O5/c1-33-19-6-8-20-16(15-30-22(20)14-19)9-10-29-27(32)21-7-5-17(28)11-23(21)31-18-12-24(34-2)26(36-4)25(13-18)35-3/h5-8,11-15,30-31H,9-10H2,1-4H3,(H,29,32). The third kappa shape index (κ3) is 5.14. The van der Waals surface area contributed by atoms with Crippen LogP contribution in [0.3, 0.4) is 0 Å². The molecular weight excluding hydrogens is 465 g/mol. The summed E-state index contributed by atoms with van der Waals surface area (Å²) in [6.07, 6.45) is 2.54. The molecule has 0 spiro atoms. The second-order valence-corrected chi connectivity index (χ2v) is 7.96. The average molecular weight is 494 g/mol. The lowest BCUT2D eigenvalue weighted by Gasteiger charge is -2.17. The van der Waals surface area contributed by atoms with E-state index in [0.717, 1.165) is 22.2 Å². The highest BCUT2D eigenvalue weighted by Gasteiger charge is 2.17. The Balaban J connectivity index is 1.50. The number of halogens is 1. The number of benzene rings is 3. The molecule has 8 nitrogen and oxygen atoms in total. The van der Waals surface area contributed by atoms with Gasteiger partial charge in [-0.2, -0.15) is 0 Å². The number of rotatable bonds is 10. The molecule has 9 heteroatoms. The topological polar surface area (TPSA) is 93.8 Å². The maximum absolute atomic E-state index is 14.1. The summed E-state index contributed by atoms with van der Waals surface area (Å²) in [5, 5.41) is 7.09. The molecule has 0 saturated heterocycles. The highest BCUT2D eigenvalue weighted by Crippen LogP contribution is 2.41. The quantitative estimate of drug-likeness (QED) is 0.286. The van der Waals surface area contributed by atoms with Crippen LogP contribution in [0.5, 0.6) is 23.0 Å². The first kappa shape index (κ1) is 24.7. The molecule has 4 aromatic rings. The summed E-state index contributed by atoms with van der Waals surface area (Å²) < 4.78 is 35.5. The van der Waals surface area contributed by atoms with Gasteiger partial charge < -0.3 is 34.6 Å². The predicted octanol–water partition coefficient (Wildman–Crippen LogP) is 5.06. The van der Waals surface area contributed by atoms with Crippen molar-refractivity contribution in [3.63, 3.8) is 0 Å². The summed E-state index contributed by atoms with van der Waals surface area (Å²) in [7, 11) is 6.15. The van der Waals surface area contributed by atoms with Crippen molar-refractivity contribution in [2.75, 3.05) is 40.3 Å². The van der Waals surface area contributed by atoms with E-state index in [1.54, 1.807) is 19.2 Å². The normalized spacial score (nSPS) is 10.7. The Bertz CT molecular complexity index is 1360. The molecule has 0 aliphatic rings. The Morgan fingerprint density at radius 2 is 1.67 bits per heavy atom. The third-order valence-electron chi connectivity index (χ3n) is 5.82. The second-order valence-electron chi connectivity index (χ2n) is 7.96. The molecule has 1 aromatic heterocycles. The molecule has 0 aliphatic carbocycles. The van der Waals surface area contributed by atoms with Crippen LogP contribution in [0.4, 0.5) is 15.8 Å². The van der Waals surface area contributed by atoms with Crippen molar-refractivity contribution < 1.29 is 28.1 Å². The van der Waals surface area contributed by atoms with Crippen LogP contribution in [-0.2, 0) is 6.42 Å². The summed E-state index contributed by atoms with van der Waals surface area (Å²) in [5.41, 5.74) is 3.18. The number of nitrogens with one attached hydrogen (secondary N) is 3. The van der Waals surface area contributed by atoms with Gasteiger partial charge in [0.05, 0.1) is 39.7 Å². The van der Waals surface area contributed by atoms with E-state index in [0.29, 0.717) is 47.2 Å². The van der Waals surface area contributed by atoms with E-state index in [4.69, 9.17) is 18.9 Å². The summed E-state index contributed by atoms with van der Waals surface area (Å²) in [6, 6.07) is 13.1. The van der Waals surface area contributed by atoms with Gasteiger partial charge >= 0.3 is 0 Å². The maximum Gasteiger partial charge on any atom is 0.253 e. The minimum absolute atomic E-state index is 0.300. The van der Waals surface area contributed by atoms with Crippen LogP contribution < -0.4 is 29.6 Å². The first-order chi connectivity index (χ1) is 17.5. The SMILES string of the molecule is COc1ccc2c(CCNC(=O)c3ccc(F)cc3Nc3cc(OC)c(OC)c(OC)c3)c[nH]c2c1. The third-order valence-corrected chi connectivity index (χ3v) is 5.82. The molecule has 3 N–H and O–H groups in total. The number of aromatic amines is 1. The van der Waals surface area contributed by atoms with Gasteiger partial charge in [-0.1, -0.05) is 0 Å². The molecule has 0 fully saturated rings. The van der Waals surface area contributed by atoms with Gasteiger partial charge in [0.1, 0.15) is 11.6 Å². The van der Waals surface area contributed by atoms with Crippen LogP contribution >= 0.6 is 0 Å². The smallest absolute Gasteiger partial charge is 0.253 e. The van der Waals surface area contributed by atoms with Crippen molar-refractivity contribution in [1.82, 2.24) is 10.3 Å². The first-order valence-corrected chi connectivity index (χ1v) is 11.3. The minimum Gasteiger partial charge on any atom is -0.497 e. The number of amides is 1. The average Bonchev–Trinajstić information content (AvgIpc) is 3.30. The zero-order valence-electron chi connectivity index (χ0n) is 20.5. The Kier molecular flexibility index (Phi) is 7.48. The highest BCUT2D eigenvalue weighted by molar-refractivity contribution is 6.00. The van der Waals surface area contributed by atoms with E-state index in [9.17, 15) is 9.18 Å². The number of aromatic nitrogens is 1. The van der Waals surface area contributed by atoms with E-state index in [1.165, 1.54) is 39.5 Å². The number of ether oxygens (including phenoxy) is 4. The Labute approximate surface area is 208 Å². The minimum atomic E-state index is -0.476. The van der Waals surface area contributed by atoms with Crippen LogP contribution in [0.1, 0.15) is 15.9 Å². The van der Waals surface area contributed by atoms with Gasteiger partial charge in [-0.3, -0.25) is 4.79 Å². The molecule has 0 aliphatic heterocycles. The van der Waals surface area contributed by atoms with Gasteiger partial charge in [0, 0.05) is 47.5 Å². The van der Waals surface area contributed by atoms with Gasteiger partial charge in [-0.05, 0) is 42.3 Å². The number of fused-ring (bicyclic) bond motifs is 1. The van der Waals surface area contributed by atoms with Crippen LogP contribution in [0.15, 0.2) is 54.7 Å². The van der Waals surface area contributed by atoms with Crippen molar-refractivity contribution in [3.8, 4) is 23.0 Å². The lowest BCUT2D eigenvalue weighted by Crippen LogP contribution is -2.26. The highest BCUT2D eigenvalue weighted by atomic mass is 19.1. The monoisotopic (exact) mass is 493 g/mol. The van der Waals surface area contributed by atoms with Gasteiger partial charge in [-0.25, -0.2) is 4.39 Å². The second kappa shape index (κ2) is 10.9. The number of H-pyrrole nitrogens is 1. The summed E-state index contributed by atoms with van der Waals surface area (Å²) in [4.78, 5) is 16.3. The van der Waals surface area contributed by atoms with Crippen LogP contribution in [0.2, 0.25) is 0 Å². The molecule has 4 rings (SSSR count). The summed E-state index contributed by atoms with van der Waals surface area (Å²) in [5.74, 6) is 1.25. The number of anilines is 2. The Morgan fingerprint density at radius 3 is 2.33 bits per heavy atom. The van der Waals surface area contributed by atoms with Crippen molar-refractivity contribution in [1.29, 1.82) is 0 Å². The van der Waals surface area contributed by atoms with Crippen LogP contribution in [0.25, 0.3) is 10.9 Å². The van der Waals surface area contributed by atoms with Gasteiger partial charge in [0.2, 0.25) is 5.75 Å². The molecule has 0 atom stereocenters. The van der Waals surface area contributed by atoms with E-state index in [1.807, 2.05) is 24.4 Å². The molecule has 0 bridgehead atoms. The number of carbonyl (C=O) groups excluding carboxylic acids is 1. The fourth-order valence-electron chi connectivity index (χ4n) is 4.03. The fraction of sp³-hybridized carbons (Fsp3) is 0.222. The summed E-state index contributed by atoms with van der Waals surface area (Å²) in [6.45, 7) is 0.402. The number of methoxy groups -OCH3 is 4. The number of carbonyl (C=O) groups is 1. The molecule has 0 radical (unpaired) electrons. The number of hydrogen-bond donors (Lipinski definition) is 3. The summed E-state index contributed by atoms with van der Waals surface area (Å²) >= 11 is 0. The Hall–Kier alpha value is -4.40. The largest absolute Gasteiger partial charge is 0.497 e. The van der Waals surface area contributed by atoms with Crippen LogP contribution in [-0.4, -0.2) is 45.9 Å². The Morgan fingerprint density at radius 1 is 0.917 bits per heavy atom. The first-order valence-electron chi connectivity index (χ1n) is 11.3. The van der Waals surface area contributed by atoms with E-state index < -0.39 is 5.82 Å². The van der Waals surface area contributed by atoms with Crippen LogP contribution in [0, 0.1) is 5.82 Å². The van der Waals surface area contributed by atoms with Crippen molar-refractivity contribution in [2.45, 2.75) is 6.42 Å². The molecule has 0 saturated carbocycles.